The minimum Gasteiger partial charge on any atom is -0.504 e. The van der Waals surface area contributed by atoms with Gasteiger partial charge in [0.2, 0.25) is 0 Å². The summed E-state index contributed by atoms with van der Waals surface area (Å²) in [5.74, 6) is -0.345. The van der Waals surface area contributed by atoms with Gasteiger partial charge in [-0.25, -0.2) is 5.43 Å². The second-order valence-electron chi connectivity index (χ2n) is 6.11. The van der Waals surface area contributed by atoms with Crippen LogP contribution in [0.2, 0.25) is 5.02 Å². The molecule has 0 saturated heterocycles. The summed E-state index contributed by atoms with van der Waals surface area (Å²) < 4.78 is 6.40. The maximum atomic E-state index is 12.6. The normalized spacial score (nSPS) is 10.8. The van der Waals surface area contributed by atoms with Crippen LogP contribution in [-0.2, 0) is 6.54 Å². The van der Waals surface area contributed by atoms with Gasteiger partial charge in [0.1, 0.15) is 5.56 Å². The first-order valence-electron chi connectivity index (χ1n) is 8.62. The number of carbonyl (C=O) groups is 1. The third kappa shape index (κ3) is 5.03. The van der Waals surface area contributed by atoms with Crippen molar-refractivity contribution in [1.29, 1.82) is 0 Å². The molecule has 0 bridgehead atoms. The first-order chi connectivity index (χ1) is 14.0. The number of hydrazone groups is 1. The van der Waals surface area contributed by atoms with Crippen molar-refractivity contribution in [3.05, 3.63) is 92.9 Å². The highest BCUT2D eigenvalue weighted by Gasteiger charge is 2.11. The third-order valence-electron chi connectivity index (χ3n) is 4.11. The van der Waals surface area contributed by atoms with Crippen LogP contribution in [0.1, 0.15) is 21.5 Å². The molecule has 148 valence electrons. The zero-order valence-corrected chi connectivity index (χ0v) is 16.3. The number of ether oxygens (including phenoxy) is 1. The summed E-state index contributed by atoms with van der Waals surface area (Å²) in [6.45, 7) is 0.311. The lowest BCUT2D eigenvalue weighted by Gasteiger charge is -2.08. The van der Waals surface area contributed by atoms with Crippen LogP contribution in [0.15, 0.2) is 70.7 Å². The van der Waals surface area contributed by atoms with Crippen molar-refractivity contribution in [3.63, 3.8) is 0 Å². The zero-order valence-electron chi connectivity index (χ0n) is 15.5. The molecule has 3 rings (SSSR count). The van der Waals surface area contributed by atoms with Crippen LogP contribution in [0, 0.1) is 0 Å². The fraction of sp³-hybridized carbons (Fsp3) is 0.0952. The highest BCUT2D eigenvalue weighted by Crippen LogP contribution is 2.25. The van der Waals surface area contributed by atoms with Crippen LogP contribution in [0.5, 0.6) is 11.5 Å². The van der Waals surface area contributed by atoms with E-state index in [1.807, 2.05) is 12.1 Å². The zero-order chi connectivity index (χ0) is 20.8. The highest BCUT2D eigenvalue weighted by molar-refractivity contribution is 6.30. The van der Waals surface area contributed by atoms with Crippen molar-refractivity contribution in [2.75, 3.05) is 7.11 Å². The average Bonchev–Trinajstić information content (AvgIpc) is 2.71. The summed E-state index contributed by atoms with van der Waals surface area (Å²) in [4.78, 5) is 25.0. The number of methoxy groups -OCH3 is 1. The molecule has 0 unspecified atom stereocenters. The molecule has 0 aliphatic carbocycles. The second-order valence-corrected chi connectivity index (χ2v) is 6.55. The number of halogens is 1. The molecule has 8 heteroatoms. The van der Waals surface area contributed by atoms with Crippen molar-refractivity contribution >= 4 is 23.7 Å². The topological polar surface area (TPSA) is 92.9 Å². The van der Waals surface area contributed by atoms with Gasteiger partial charge in [-0.15, -0.1) is 0 Å². The second kappa shape index (κ2) is 9.07. The summed E-state index contributed by atoms with van der Waals surface area (Å²) in [6.07, 6.45) is 2.96. The van der Waals surface area contributed by atoms with Crippen LogP contribution in [0.3, 0.4) is 0 Å². The smallest absolute Gasteiger partial charge is 0.276 e. The van der Waals surface area contributed by atoms with E-state index in [2.05, 4.69) is 10.5 Å². The van der Waals surface area contributed by atoms with Gasteiger partial charge in [-0.2, -0.15) is 5.10 Å². The largest absolute Gasteiger partial charge is 0.504 e. The van der Waals surface area contributed by atoms with E-state index in [4.69, 9.17) is 16.3 Å². The molecule has 2 N–H and O–H groups in total. The molecule has 0 fully saturated rings. The molecule has 0 saturated carbocycles. The third-order valence-corrected chi connectivity index (χ3v) is 4.37. The molecular weight excluding hydrogens is 394 g/mol. The number of benzene rings is 2. The Kier molecular flexibility index (Phi) is 6.31. The Balaban J connectivity index is 1.71. The van der Waals surface area contributed by atoms with Crippen LogP contribution in [0.4, 0.5) is 0 Å². The standard InChI is InChI=1S/C21H18ClN3O4/c1-29-19-9-6-15(11-18(19)26)12-23-24-20(27)17-3-2-10-25(21(17)28)13-14-4-7-16(22)8-5-14/h2-12,26H,13H2,1H3,(H,24,27)/b23-12-. The minimum absolute atomic E-state index is 0.0313. The molecule has 0 aliphatic rings. The number of hydrogen-bond acceptors (Lipinski definition) is 5. The van der Waals surface area contributed by atoms with Crippen LogP contribution < -0.4 is 15.7 Å². The fourth-order valence-corrected chi connectivity index (χ4v) is 2.76. The molecular formula is C21H18ClN3O4. The van der Waals surface area contributed by atoms with E-state index in [1.165, 1.54) is 30.0 Å². The summed E-state index contributed by atoms with van der Waals surface area (Å²) in [5.41, 5.74) is 3.29. The molecule has 0 radical (unpaired) electrons. The maximum Gasteiger partial charge on any atom is 0.276 e. The number of rotatable bonds is 6. The van der Waals surface area contributed by atoms with Crippen molar-refractivity contribution in [2.45, 2.75) is 6.54 Å². The Bertz CT molecular complexity index is 1110. The lowest BCUT2D eigenvalue weighted by molar-refractivity contribution is 0.0953. The molecule has 0 atom stereocenters. The number of phenolic OH excluding ortho intramolecular Hbond substituents is 1. The van der Waals surface area contributed by atoms with Crippen molar-refractivity contribution in [1.82, 2.24) is 9.99 Å². The quantitative estimate of drug-likeness (QED) is 0.481. The van der Waals surface area contributed by atoms with Crippen LogP contribution >= 0.6 is 11.6 Å². The van der Waals surface area contributed by atoms with Crippen LogP contribution in [-0.4, -0.2) is 28.9 Å². The predicted octanol–water partition coefficient (Wildman–Crippen LogP) is 3.03. The maximum absolute atomic E-state index is 12.6. The van der Waals surface area contributed by atoms with Gasteiger partial charge in [0.05, 0.1) is 19.9 Å². The summed E-state index contributed by atoms with van der Waals surface area (Å²) >= 11 is 5.87. The number of pyridine rings is 1. The van der Waals surface area contributed by atoms with E-state index in [9.17, 15) is 14.7 Å². The van der Waals surface area contributed by atoms with Crippen LogP contribution in [0.25, 0.3) is 0 Å². The number of nitrogens with one attached hydrogen (secondary N) is 1. The Morgan fingerprint density at radius 2 is 2.00 bits per heavy atom. The first kappa shape index (κ1) is 20.2. The highest BCUT2D eigenvalue weighted by atomic mass is 35.5. The van der Waals surface area contributed by atoms with E-state index in [-0.39, 0.29) is 11.3 Å². The monoisotopic (exact) mass is 411 g/mol. The molecule has 1 aromatic heterocycles. The van der Waals surface area contributed by atoms with Gasteiger partial charge in [-0.05, 0) is 53.6 Å². The van der Waals surface area contributed by atoms with E-state index < -0.39 is 11.5 Å². The number of phenols is 1. The van der Waals surface area contributed by atoms with E-state index in [0.29, 0.717) is 22.9 Å². The van der Waals surface area contributed by atoms with Gasteiger partial charge in [0.15, 0.2) is 11.5 Å². The van der Waals surface area contributed by atoms with Gasteiger partial charge in [0.25, 0.3) is 11.5 Å². The van der Waals surface area contributed by atoms with E-state index >= 15 is 0 Å². The van der Waals surface area contributed by atoms with E-state index in [1.54, 1.807) is 36.5 Å². The van der Waals surface area contributed by atoms with Gasteiger partial charge < -0.3 is 14.4 Å². The predicted molar refractivity (Wildman–Crippen MR) is 111 cm³/mol. The fourth-order valence-electron chi connectivity index (χ4n) is 2.63. The Morgan fingerprint density at radius 1 is 1.24 bits per heavy atom. The lowest BCUT2D eigenvalue weighted by atomic mass is 10.2. The average molecular weight is 412 g/mol. The Morgan fingerprint density at radius 3 is 2.69 bits per heavy atom. The molecule has 29 heavy (non-hydrogen) atoms. The van der Waals surface area contributed by atoms with Gasteiger partial charge >= 0.3 is 0 Å². The summed E-state index contributed by atoms with van der Waals surface area (Å²) in [7, 11) is 1.45. The number of hydrogen-bond donors (Lipinski definition) is 2. The van der Waals surface area contributed by atoms with Crippen molar-refractivity contribution in [2.24, 2.45) is 5.10 Å². The van der Waals surface area contributed by atoms with Crippen molar-refractivity contribution in [3.8, 4) is 11.5 Å². The Labute approximate surface area is 171 Å². The molecule has 0 aliphatic heterocycles. The number of amides is 1. The number of carbonyl (C=O) groups excluding carboxylic acids is 1. The number of aromatic nitrogens is 1. The summed E-state index contributed by atoms with van der Waals surface area (Å²) in [6, 6.07) is 14.8. The first-order valence-corrected chi connectivity index (χ1v) is 9.00. The van der Waals surface area contributed by atoms with Gasteiger partial charge in [0, 0.05) is 11.2 Å². The Hall–Kier alpha value is -3.58. The molecule has 3 aromatic rings. The molecule has 0 spiro atoms. The lowest BCUT2D eigenvalue weighted by Crippen LogP contribution is -2.30. The van der Waals surface area contributed by atoms with Gasteiger partial charge in [-0.1, -0.05) is 23.7 Å². The number of nitrogens with zero attached hydrogens (tertiary/aromatic N) is 2. The van der Waals surface area contributed by atoms with Gasteiger partial charge in [-0.3, -0.25) is 9.59 Å². The summed E-state index contributed by atoms with van der Waals surface area (Å²) in [5, 5.41) is 14.2. The molecule has 1 amide bonds. The van der Waals surface area contributed by atoms with Crippen molar-refractivity contribution < 1.29 is 14.6 Å². The molecule has 1 heterocycles. The van der Waals surface area contributed by atoms with E-state index in [0.717, 1.165) is 5.56 Å². The SMILES string of the molecule is COc1ccc(/C=N\NC(=O)c2cccn(Cc3ccc(Cl)cc3)c2=O)cc1O. The molecule has 2 aromatic carbocycles. The number of aromatic hydroxyl groups is 1. The molecule has 7 nitrogen and oxygen atoms in total. The minimum atomic E-state index is -0.630.